The number of nitrogens with one attached hydrogen (secondary N) is 1. The molecule has 1 aliphatic rings. The van der Waals surface area contributed by atoms with Gasteiger partial charge in [-0.1, -0.05) is 33.6 Å². The zero-order valence-electron chi connectivity index (χ0n) is 12.2. The van der Waals surface area contributed by atoms with Crippen molar-refractivity contribution in [1.82, 2.24) is 5.32 Å². The van der Waals surface area contributed by atoms with E-state index in [4.69, 9.17) is 5.73 Å². The number of nitrogens with zero attached hydrogens (tertiary/aromatic N) is 1. The van der Waals surface area contributed by atoms with Crippen molar-refractivity contribution >= 4 is 29.9 Å². The number of halogens is 1. The minimum atomic E-state index is 0. The van der Waals surface area contributed by atoms with Crippen molar-refractivity contribution < 1.29 is 0 Å². The summed E-state index contributed by atoms with van der Waals surface area (Å²) < 4.78 is 0. The molecule has 0 atom stereocenters. The van der Waals surface area contributed by atoms with E-state index in [2.05, 4.69) is 31.1 Å². The molecule has 0 amide bonds. The van der Waals surface area contributed by atoms with Gasteiger partial charge in [0.2, 0.25) is 0 Å². The lowest BCUT2D eigenvalue weighted by Crippen LogP contribution is -2.37. The Hall–Kier alpha value is 0. The van der Waals surface area contributed by atoms with Crippen molar-refractivity contribution in [2.24, 2.45) is 22.1 Å². The summed E-state index contributed by atoms with van der Waals surface area (Å²) in [5.74, 6) is 1.35. The van der Waals surface area contributed by atoms with E-state index < -0.39 is 0 Å². The Balaban J connectivity index is 0.00000289. The lowest BCUT2D eigenvalue weighted by Gasteiger charge is -2.40. The number of guanidine groups is 1. The summed E-state index contributed by atoms with van der Waals surface area (Å²) in [6.07, 6.45) is 7.76. The Bertz CT molecular complexity index is 247. The Kier molecular flexibility index (Phi) is 8.99. The number of hydrogen-bond donors (Lipinski definition) is 2. The molecule has 0 aromatic heterocycles. The van der Waals surface area contributed by atoms with Gasteiger partial charge in [0.25, 0.3) is 0 Å². The standard InChI is InChI=1S/C14H29N3.HI/c1-4-7-14(8-5-9-14)11-17-13(15)16-10-6-12(2)3;/h12H,4-11H2,1-3H3,(H3,15,16,17);1H. The molecule has 3 N–H and O–H groups in total. The van der Waals surface area contributed by atoms with Gasteiger partial charge >= 0.3 is 0 Å². The van der Waals surface area contributed by atoms with Gasteiger partial charge in [-0.05, 0) is 37.0 Å². The number of rotatable bonds is 7. The lowest BCUT2D eigenvalue weighted by atomic mass is 9.66. The Morgan fingerprint density at radius 3 is 2.50 bits per heavy atom. The van der Waals surface area contributed by atoms with Gasteiger partial charge in [0, 0.05) is 13.1 Å². The highest BCUT2D eigenvalue weighted by Gasteiger charge is 2.35. The highest BCUT2D eigenvalue weighted by Crippen LogP contribution is 2.44. The zero-order chi connectivity index (χ0) is 12.7. The molecule has 3 nitrogen and oxygen atoms in total. The maximum Gasteiger partial charge on any atom is 0.188 e. The van der Waals surface area contributed by atoms with Crippen LogP contribution in [0.2, 0.25) is 0 Å². The fourth-order valence-electron chi connectivity index (χ4n) is 2.49. The van der Waals surface area contributed by atoms with Crippen molar-refractivity contribution in [1.29, 1.82) is 0 Å². The van der Waals surface area contributed by atoms with E-state index in [0.29, 0.717) is 17.3 Å². The van der Waals surface area contributed by atoms with Gasteiger partial charge in [0.15, 0.2) is 5.96 Å². The minimum absolute atomic E-state index is 0. The van der Waals surface area contributed by atoms with Gasteiger partial charge in [0.1, 0.15) is 0 Å². The van der Waals surface area contributed by atoms with Crippen molar-refractivity contribution in [2.75, 3.05) is 13.1 Å². The van der Waals surface area contributed by atoms with Crippen LogP contribution in [0.25, 0.3) is 0 Å². The predicted molar refractivity (Wildman–Crippen MR) is 90.6 cm³/mol. The molecule has 0 radical (unpaired) electrons. The highest BCUT2D eigenvalue weighted by molar-refractivity contribution is 14.0. The smallest absolute Gasteiger partial charge is 0.188 e. The lowest BCUT2D eigenvalue weighted by molar-refractivity contribution is 0.130. The fraction of sp³-hybridized carbons (Fsp3) is 0.929. The molecular weight excluding hydrogens is 337 g/mol. The summed E-state index contributed by atoms with van der Waals surface area (Å²) in [6, 6.07) is 0. The van der Waals surface area contributed by atoms with Gasteiger partial charge in [-0.25, -0.2) is 0 Å². The third-order valence-corrected chi connectivity index (χ3v) is 3.81. The van der Waals surface area contributed by atoms with Crippen LogP contribution in [0, 0.1) is 11.3 Å². The quantitative estimate of drug-likeness (QED) is 0.411. The average Bonchev–Trinajstić information content (AvgIpc) is 2.21. The molecule has 18 heavy (non-hydrogen) atoms. The van der Waals surface area contributed by atoms with Crippen LogP contribution in [0.15, 0.2) is 4.99 Å². The van der Waals surface area contributed by atoms with Gasteiger partial charge < -0.3 is 11.1 Å². The molecule has 0 heterocycles. The summed E-state index contributed by atoms with van der Waals surface area (Å²) >= 11 is 0. The topological polar surface area (TPSA) is 50.4 Å². The maximum absolute atomic E-state index is 5.88. The first-order valence-corrected chi connectivity index (χ1v) is 7.12. The van der Waals surface area contributed by atoms with Crippen molar-refractivity contribution in [2.45, 2.75) is 59.3 Å². The first-order chi connectivity index (χ1) is 8.08. The van der Waals surface area contributed by atoms with Crippen molar-refractivity contribution in [3.05, 3.63) is 0 Å². The summed E-state index contributed by atoms with van der Waals surface area (Å²) in [4.78, 5) is 4.52. The van der Waals surface area contributed by atoms with Crippen LogP contribution in [0.3, 0.4) is 0 Å². The predicted octanol–water partition coefficient (Wildman–Crippen LogP) is 3.53. The Labute approximate surface area is 129 Å². The molecule has 0 aromatic carbocycles. The average molecular weight is 367 g/mol. The first kappa shape index (κ1) is 18.0. The van der Waals surface area contributed by atoms with Crippen LogP contribution < -0.4 is 11.1 Å². The van der Waals surface area contributed by atoms with E-state index in [1.54, 1.807) is 0 Å². The third kappa shape index (κ3) is 6.25. The van der Waals surface area contributed by atoms with Gasteiger partial charge in [-0.2, -0.15) is 0 Å². The molecule has 1 aliphatic carbocycles. The second-order valence-electron chi connectivity index (χ2n) is 5.91. The third-order valence-electron chi connectivity index (χ3n) is 3.81. The molecule has 108 valence electrons. The number of aliphatic imine (C=N–C) groups is 1. The van der Waals surface area contributed by atoms with Gasteiger partial charge in [0.05, 0.1) is 0 Å². The van der Waals surface area contributed by atoms with E-state index in [1.807, 2.05) is 0 Å². The summed E-state index contributed by atoms with van der Waals surface area (Å²) in [6.45, 7) is 8.56. The van der Waals surface area contributed by atoms with Crippen molar-refractivity contribution in [3.8, 4) is 0 Å². The molecule has 0 saturated heterocycles. The Morgan fingerprint density at radius 1 is 1.39 bits per heavy atom. The molecule has 1 rings (SSSR count). The second kappa shape index (κ2) is 8.99. The molecule has 0 spiro atoms. The van der Waals surface area contributed by atoms with E-state index in [1.165, 1.54) is 32.1 Å². The van der Waals surface area contributed by atoms with E-state index in [0.717, 1.165) is 19.5 Å². The highest BCUT2D eigenvalue weighted by atomic mass is 127. The fourth-order valence-corrected chi connectivity index (χ4v) is 2.49. The Morgan fingerprint density at radius 2 is 2.06 bits per heavy atom. The van der Waals surface area contributed by atoms with Gasteiger partial charge in [-0.3, -0.25) is 4.99 Å². The van der Waals surface area contributed by atoms with Crippen LogP contribution in [-0.2, 0) is 0 Å². The number of hydrogen-bond acceptors (Lipinski definition) is 1. The second-order valence-corrected chi connectivity index (χ2v) is 5.91. The van der Waals surface area contributed by atoms with Crippen LogP contribution >= 0.6 is 24.0 Å². The molecule has 1 fully saturated rings. The van der Waals surface area contributed by atoms with Crippen LogP contribution in [0.1, 0.15) is 59.3 Å². The van der Waals surface area contributed by atoms with E-state index >= 15 is 0 Å². The summed E-state index contributed by atoms with van der Waals surface area (Å²) in [7, 11) is 0. The largest absolute Gasteiger partial charge is 0.370 e. The van der Waals surface area contributed by atoms with Gasteiger partial charge in [-0.15, -0.1) is 24.0 Å². The molecule has 1 saturated carbocycles. The van der Waals surface area contributed by atoms with E-state index in [-0.39, 0.29) is 24.0 Å². The molecule has 0 unspecified atom stereocenters. The monoisotopic (exact) mass is 367 g/mol. The molecule has 0 aromatic rings. The number of nitrogens with two attached hydrogens (primary N) is 1. The first-order valence-electron chi connectivity index (χ1n) is 7.12. The zero-order valence-corrected chi connectivity index (χ0v) is 14.5. The van der Waals surface area contributed by atoms with Crippen LogP contribution in [-0.4, -0.2) is 19.0 Å². The SMILES string of the molecule is CCCC1(CN=C(N)NCCC(C)C)CCC1.I. The van der Waals surface area contributed by atoms with Crippen LogP contribution in [0.5, 0.6) is 0 Å². The van der Waals surface area contributed by atoms with Crippen molar-refractivity contribution in [3.63, 3.8) is 0 Å². The molecule has 0 aliphatic heterocycles. The maximum atomic E-state index is 5.88. The summed E-state index contributed by atoms with van der Waals surface area (Å²) in [5, 5.41) is 3.20. The summed E-state index contributed by atoms with van der Waals surface area (Å²) in [5.41, 5.74) is 6.37. The molecule has 0 bridgehead atoms. The van der Waals surface area contributed by atoms with Crippen LogP contribution in [0.4, 0.5) is 0 Å². The van der Waals surface area contributed by atoms with E-state index in [9.17, 15) is 0 Å². The normalized spacial score (nSPS) is 18.1. The minimum Gasteiger partial charge on any atom is -0.370 e. The molecule has 4 heteroatoms. The molecular formula is C14H30IN3.